The number of anilines is 1. The highest BCUT2D eigenvalue weighted by atomic mass is 35.5. The van der Waals surface area contributed by atoms with E-state index in [4.69, 9.17) is 16.3 Å². The molecule has 1 N–H and O–H groups in total. The summed E-state index contributed by atoms with van der Waals surface area (Å²) in [6, 6.07) is 7.37. The molecule has 12 heteroatoms. The molecular formula is C22H20ClF2N3O4S2. The fourth-order valence-corrected chi connectivity index (χ4v) is 6.40. The summed E-state index contributed by atoms with van der Waals surface area (Å²) in [7, 11) is -3.96. The van der Waals surface area contributed by atoms with Crippen molar-refractivity contribution in [2.75, 3.05) is 18.4 Å². The molecular weight excluding hydrogens is 508 g/mol. The summed E-state index contributed by atoms with van der Waals surface area (Å²) in [6.07, 6.45) is -0.560. The normalized spacial score (nSPS) is 19.2. The molecule has 7 nitrogen and oxygen atoms in total. The molecule has 0 radical (unpaired) electrons. The van der Waals surface area contributed by atoms with Gasteiger partial charge in [-0.05, 0) is 50.2 Å². The fourth-order valence-electron chi connectivity index (χ4n) is 3.60. The van der Waals surface area contributed by atoms with Crippen LogP contribution in [-0.2, 0) is 14.8 Å². The number of nitrogens with zero attached hydrogens (tertiary/aromatic N) is 2. The Morgan fingerprint density at radius 3 is 2.53 bits per heavy atom. The zero-order valence-corrected chi connectivity index (χ0v) is 20.5. The summed E-state index contributed by atoms with van der Waals surface area (Å²) < 4.78 is 60.0. The lowest BCUT2D eigenvalue weighted by atomic mass is 10.2. The zero-order chi connectivity index (χ0) is 24.6. The van der Waals surface area contributed by atoms with Crippen LogP contribution in [0.2, 0.25) is 5.02 Å². The number of halogens is 3. The van der Waals surface area contributed by atoms with E-state index in [0.717, 1.165) is 23.5 Å². The number of hydrogen-bond donors (Lipinski definition) is 1. The van der Waals surface area contributed by atoms with Crippen molar-refractivity contribution < 1.29 is 26.7 Å². The number of ether oxygens (including phenoxy) is 1. The molecule has 0 spiro atoms. The molecule has 2 heterocycles. The average Bonchev–Trinajstić information content (AvgIpc) is 3.23. The Morgan fingerprint density at radius 1 is 1.15 bits per heavy atom. The highest BCUT2D eigenvalue weighted by molar-refractivity contribution is 7.89. The van der Waals surface area contributed by atoms with Gasteiger partial charge in [0.25, 0.3) is 5.91 Å². The maximum absolute atomic E-state index is 13.5. The molecule has 34 heavy (non-hydrogen) atoms. The van der Waals surface area contributed by atoms with E-state index in [0.29, 0.717) is 11.3 Å². The van der Waals surface area contributed by atoms with Gasteiger partial charge in [0.2, 0.25) is 10.0 Å². The summed E-state index contributed by atoms with van der Waals surface area (Å²) in [6.45, 7) is 3.91. The van der Waals surface area contributed by atoms with Crippen molar-refractivity contribution in [1.29, 1.82) is 0 Å². The van der Waals surface area contributed by atoms with E-state index in [1.54, 1.807) is 19.2 Å². The standard InChI is InChI=1S/C22H20ClF2N3O4S2/c1-12-9-28(10-13(2)32-12)34(30,31)20-8-15(3-5-16(20)23)21(29)27-22-26-19(11-33-22)14-4-6-17(24)18(25)7-14/h3-8,11-13H,9-10H2,1-2H3,(H,26,27,29). The van der Waals surface area contributed by atoms with E-state index in [1.165, 1.54) is 28.6 Å². The van der Waals surface area contributed by atoms with Crippen LogP contribution in [0.4, 0.5) is 13.9 Å². The lowest BCUT2D eigenvalue weighted by Gasteiger charge is -2.34. The van der Waals surface area contributed by atoms with E-state index in [2.05, 4.69) is 10.3 Å². The van der Waals surface area contributed by atoms with E-state index in [1.807, 2.05) is 0 Å². The predicted octanol–water partition coefficient (Wildman–Crippen LogP) is 4.79. The van der Waals surface area contributed by atoms with Crippen LogP contribution in [0.5, 0.6) is 0 Å². The largest absolute Gasteiger partial charge is 0.373 e. The second-order valence-corrected chi connectivity index (χ2v) is 11.0. The quantitative estimate of drug-likeness (QED) is 0.515. The second kappa shape index (κ2) is 9.67. The van der Waals surface area contributed by atoms with Gasteiger partial charge in [-0.1, -0.05) is 11.6 Å². The van der Waals surface area contributed by atoms with Crippen LogP contribution in [0.25, 0.3) is 11.3 Å². The highest BCUT2D eigenvalue weighted by Gasteiger charge is 2.34. The molecule has 2 atom stereocenters. The Balaban J connectivity index is 1.55. The summed E-state index contributed by atoms with van der Waals surface area (Å²) >= 11 is 7.28. The van der Waals surface area contributed by atoms with Crippen molar-refractivity contribution in [3.8, 4) is 11.3 Å². The van der Waals surface area contributed by atoms with Crippen LogP contribution in [0.3, 0.4) is 0 Å². The maximum Gasteiger partial charge on any atom is 0.257 e. The minimum atomic E-state index is -3.96. The molecule has 1 aliphatic rings. The first-order chi connectivity index (χ1) is 16.0. The van der Waals surface area contributed by atoms with Gasteiger partial charge in [-0.3, -0.25) is 10.1 Å². The van der Waals surface area contributed by atoms with Crippen molar-refractivity contribution in [1.82, 2.24) is 9.29 Å². The summed E-state index contributed by atoms with van der Waals surface area (Å²) in [5.74, 6) is -2.57. The van der Waals surface area contributed by atoms with Gasteiger partial charge in [0, 0.05) is 29.6 Å². The number of thiazole rings is 1. The Labute approximate surface area is 204 Å². The van der Waals surface area contributed by atoms with Crippen LogP contribution in [0.1, 0.15) is 24.2 Å². The van der Waals surface area contributed by atoms with Gasteiger partial charge in [0.1, 0.15) is 4.90 Å². The number of amides is 1. The van der Waals surface area contributed by atoms with Crippen LogP contribution >= 0.6 is 22.9 Å². The van der Waals surface area contributed by atoms with Crippen molar-refractivity contribution >= 4 is 44.0 Å². The highest BCUT2D eigenvalue weighted by Crippen LogP contribution is 2.30. The number of nitrogens with one attached hydrogen (secondary N) is 1. The Hall–Kier alpha value is -2.44. The fraction of sp³-hybridized carbons (Fsp3) is 0.273. The van der Waals surface area contributed by atoms with Gasteiger partial charge in [-0.25, -0.2) is 22.2 Å². The van der Waals surface area contributed by atoms with Gasteiger partial charge in [0.05, 0.1) is 22.9 Å². The number of sulfonamides is 1. The first-order valence-corrected chi connectivity index (χ1v) is 12.9. The lowest BCUT2D eigenvalue weighted by molar-refractivity contribution is -0.0440. The molecule has 0 saturated carbocycles. The van der Waals surface area contributed by atoms with E-state index >= 15 is 0 Å². The Kier molecular flexibility index (Phi) is 7.02. The number of rotatable bonds is 5. The number of morpholine rings is 1. The molecule has 0 bridgehead atoms. The zero-order valence-electron chi connectivity index (χ0n) is 18.1. The third kappa shape index (κ3) is 5.13. The van der Waals surface area contributed by atoms with Gasteiger partial charge >= 0.3 is 0 Å². The molecule has 1 aliphatic heterocycles. The lowest BCUT2D eigenvalue weighted by Crippen LogP contribution is -2.48. The second-order valence-electron chi connectivity index (χ2n) is 7.85. The van der Waals surface area contributed by atoms with Gasteiger partial charge in [-0.2, -0.15) is 4.31 Å². The first-order valence-electron chi connectivity index (χ1n) is 10.2. The van der Waals surface area contributed by atoms with E-state index < -0.39 is 27.6 Å². The molecule has 4 rings (SSSR count). The molecule has 0 aliphatic carbocycles. The monoisotopic (exact) mass is 527 g/mol. The van der Waals surface area contributed by atoms with Crippen molar-refractivity contribution in [2.45, 2.75) is 31.0 Å². The molecule has 180 valence electrons. The molecule has 2 unspecified atom stereocenters. The summed E-state index contributed by atoms with van der Waals surface area (Å²) in [5, 5.41) is 4.39. The maximum atomic E-state index is 13.5. The number of carbonyl (C=O) groups excluding carboxylic acids is 1. The predicted molar refractivity (Wildman–Crippen MR) is 126 cm³/mol. The number of hydrogen-bond acceptors (Lipinski definition) is 6. The van der Waals surface area contributed by atoms with Gasteiger partial charge < -0.3 is 4.74 Å². The third-order valence-electron chi connectivity index (χ3n) is 5.14. The minimum Gasteiger partial charge on any atom is -0.373 e. The van der Waals surface area contributed by atoms with Crippen LogP contribution in [-0.4, -0.2) is 48.9 Å². The topological polar surface area (TPSA) is 88.6 Å². The number of carbonyl (C=O) groups is 1. The van der Waals surface area contributed by atoms with E-state index in [9.17, 15) is 22.0 Å². The van der Waals surface area contributed by atoms with Gasteiger partial charge in [-0.15, -0.1) is 11.3 Å². The summed E-state index contributed by atoms with van der Waals surface area (Å²) in [4.78, 5) is 16.9. The first kappa shape index (κ1) is 24.7. The van der Waals surface area contributed by atoms with Crippen LogP contribution in [0.15, 0.2) is 46.7 Å². The Morgan fingerprint density at radius 2 is 1.85 bits per heavy atom. The number of aromatic nitrogens is 1. The van der Waals surface area contributed by atoms with Crippen molar-refractivity contribution in [3.63, 3.8) is 0 Å². The Bertz CT molecular complexity index is 1340. The van der Waals surface area contributed by atoms with Crippen LogP contribution in [0, 0.1) is 11.6 Å². The minimum absolute atomic E-state index is 0.00165. The molecule has 1 fully saturated rings. The van der Waals surface area contributed by atoms with Crippen LogP contribution < -0.4 is 5.32 Å². The molecule has 1 saturated heterocycles. The molecule has 2 aromatic carbocycles. The van der Waals surface area contributed by atoms with Crippen molar-refractivity contribution in [3.05, 3.63) is 64.0 Å². The van der Waals surface area contributed by atoms with Crippen molar-refractivity contribution in [2.24, 2.45) is 0 Å². The molecule has 3 aromatic rings. The molecule has 1 aromatic heterocycles. The SMILES string of the molecule is CC1CN(S(=O)(=O)c2cc(C(=O)Nc3nc(-c4ccc(F)c(F)c4)cs3)ccc2Cl)CC(C)O1. The average molecular weight is 528 g/mol. The molecule has 1 amide bonds. The number of benzene rings is 2. The smallest absolute Gasteiger partial charge is 0.257 e. The third-order valence-corrected chi connectivity index (χ3v) is 8.21. The van der Waals surface area contributed by atoms with E-state index in [-0.39, 0.29) is 45.9 Å². The van der Waals surface area contributed by atoms with Gasteiger partial charge in [0.15, 0.2) is 16.8 Å². The summed E-state index contributed by atoms with van der Waals surface area (Å²) in [5.41, 5.74) is 0.778.